The first-order valence-electron chi connectivity index (χ1n) is 5.57. The van der Waals surface area contributed by atoms with Crippen LogP contribution in [0.3, 0.4) is 0 Å². The molecule has 0 aliphatic rings. The average Bonchev–Trinajstić information content (AvgIpc) is 2.27. The van der Waals surface area contributed by atoms with Gasteiger partial charge in [-0.2, -0.15) is 0 Å². The first kappa shape index (κ1) is 15.1. The molecule has 0 bridgehead atoms. The topological polar surface area (TPSA) is 89.3 Å². The molecule has 7 heteroatoms. The standard InChI is InChI=1S/C11H18N2O3S2/c1-3-17(14)5-4-13-18(15,16)11-7-9(2)6-10(12)8-11/h6-8,13H,3-5,12H2,1-2H3. The molecule has 1 aromatic carbocycles. The first-order chi connectivity index (χ1) is 8.35. The van der Waals surface area contributed by atoms with Crippen molar-refractivity contribution in [1.82, 2.24) is 4.72 Å². The Kier molecular flexibility index (Phi) is 5.30. The molecular weight excluding hydrogens is 272 g/mol. The minimum atomic E-state index is -3.57. The largest absolute Gasteiger partial charge is 0.399 e. The summed E-state index contributed by atoms with van der Waals surface area (Å²) in [6.07, 6.45) is 0. The molecule has 0 aliphatic heterocycles. The van der Waals surface area contributed by atoms with Gasteiger partial charge < -0.3 is 5.73 Å². The monoisotopic (exact) mass is 290 g/mol. The Balaban J connectivity index is 2.77. The van der Waals surface area contributed by atoms with Crippen molar-refractivity contribution in [1.29, 1.82) is 0 Å². The maximum absolute atomic E-state index is 11.9. The highest BCUT2D eigenvalue weighted by atomic mass is 32.2. The molecule has 0 heterocycles. The summed E-state index contributed by atoms with van der Waals surface area (Å²) in [5, 5.41) is 0. The van der Waals surface area contributed by atoms with Crippen molar-refractivity contribution in [2.75, 3.05) is 23.8 Å². The van der Waals surface area contributed by atoms with Gasteiger partial charge in [0.2, 0.25) is 10.0 Å². The van der Waals surface area contributed by atoms with Gasteiger partial charge in [0.15, 0.2) is 0 Å². The van der Waals surface area contributed by atoms with Crippen LogP contribution in [0.2, 0.25) is 0 Å². The van der Waals surface area contributed by atoms with Crippen LogP contribution in [0.15, 0.2) is 23.1 Å². The molecule has 0 amide bonds. The number of anilines is 1. The van der Waals surface area contributed by atoms with Crippen molar-refractivity contribution in [3.05, 3.63) is 23.8 Å². The Morgan fingerprint density at radius 2 is 2.00 bits per heavy atom. The fourth-order valence-corrected chi connectivity index (χ4v) is 3.37. The van der Waals surface area contributed by atoms with Gasteiger partial charge in [-0.3, -0.25) is 4.21 Å². The van der Waals surface area contributed by atoms with Gasteiger partial charge in [-0.1, -0.05) is 6.92 Å². The van der Waals surface area contributed by atoms with Crippen LogP contribution in [0.1, 0.15) is 12.5 Å². The van der Waals surface area contributed by atoms with E-state index in [0.717, 1.165) is 5.56 Å². The second kappa shape index (κ2) is 6.31. The van der Waals surface area contributed by atoms with E-state index < -0.39 is 20.8 Å². The van der Waals surface area contributed by atoms with Crippen LogP contribution in [0, 0.1) is 6.92 Å². The maximum atomic E-state index is 11.9. The van der Waals surface area contributed by atoms with E-state index in [1.807, 2.05) is 0 Å². The summed E-state index contributed by atoms with van der Waals surface area (Å²) in [5.41, 5.74) is 6.81. The van der Waals surface area contributed by atoms with Crippen LogP contribution in [0.5, 0.6) is 0 Å². The van der Waals surface area contributed by atoms with E-state index in [1.54, 1.807) is 26.0 Å². The predicted octanol–water partition coefficient (Wildman–Crippen LogP) is 0.624. The number of rotatable bonds is 6. The van der Waals surface area contributed by atoms with Crippen LogP contribution in [0.4, 0.5) is 5.69 Å². The lowest BCUT2D eigenvalue weighted by atomic mass is 10.2. The first-order valence-corrected chi connectivity index (χ1v) is 8.54. The van der Waals surface area contributed by atoms with Crippen molar-refractivity contribution in [2.45, 2.75) is 18.7 Å². The van der Waals surface area contributed by atoms with Crippen LogP contribution >= 0.6 is 0 Å². The minimum absolute atomic E-state index is 0.141. The third kappa shape index (κ3) is 4.40. The van der Waals surface area contributed by atoms with E-state index in [1.165, 1.54) is 6.07 Å². The molecule has 0 radical (unpaired) electrons. The van der Waals surface area contributed by atoms with Gasteiger partial charge in [-0.05, 0) is 30.7 Å². The zero-order valence-corrected chi connectivity index (χ0v) is 12.1. The molecule has 102 valence electrons. The van der Waals surface area contributed by atoms with Crippen molar-refractivity contribution in [2.24, 2.45) is 0 Å². The number of nitrogens with one attached hydrogen (secondary N) is 1. The van der Waals surface area contributed by atoms with E-state index in [0.29, 0.717) is 17.2 Å². The summed E-state index contributed by atoms with van der Waals surface area (Å²) in [4.78, 5) is 0.141. The highest BCUT2D eigenvalue weighted by Gasteiger charge is 2.14. The third-order valence-electron chi connectivity index (χ3n) is 2.33. The SMILES string of the molecule is CCS(=O)CCNS(=O)(=O)c1cc(C)cc(N)c1. The smallest absolute Gasteiger partial charge is 0.240 e. The van der Waals surface area contributed by atoms with Crippen LogP contribution in [0.25, 0.3) is 0 Å². The van der Waals surface area contributed by atoms with Gasteiger partial charge >= 0.3 is 0 Å². The van der Waals surface area contributed by atoms with Crippen LogP contribution < -0.4 is 10.5 Å². The number of aryl methyl sites for hydroxylation is 1. The van der Waals surface area contributed by atoms with E-state index in [-0.39, 0.29) is 11.4 Å². The number of sulfonamides is 1. The van der Waals surface area contributed by atoms with E-state index >= 15 is 0 Å². The van der Waals surface area contributed by atoms with E-state index in [4.69, 9.17) is 5.73 Å². The van der Waals surface area contributed by atoms with Crippen molar-refractivity contribution in [3.63, 3.8) is 0 Å². The molecule has 0 saturated carbocycles. The quantitative estimate of drug-likeness (QED) is 0.752. The Bertz CT molecular complexity index is 521. The highest BCUT2D eigenvalue weighted by Crippen LogP contribution is 2.15. The summed E-state index contributed by atoms with van der Waals surface area (Å²) in [6, 6.07) is 4.66. The minimum Gasteiger partial charge on any atom is -0.399 e. The normalized spacial score (nSPS) is 13.4. The van der Waals surface area contributed by atoms with Crippen LogP contribution in [-0.2, 0) is 20.8 Å². The molecule has 1 atom stereocenters. The molecule has 18 heavy (non-hydrogen) atoms. The number of hydrogen-bond acceptors (Lipinski definition) is 4. The number of hydrogen-bond donors (Lipinski definition) is 2. The van der Waals surface area contributed by atoms with E-state index in [9.17, 15) is 12.6 Å². The Hall–Kier alpha value is -0.920. The molecule has 1 aromatic rings. The van der Waals surface area contributed by atoms with Gasteiger partial charge in [0.05, 0.1) is 4.90 Å². The van der Waals surface area contributed by atoms with Crippen molar-refractivity contribution < 1.29 is 12.6 Å². The second-order valence-corrected chi connectivity index (χ2v) is 7.54. The molecule has 1 unspecified atom stereocenters. The molecule has 5 nitrogen and oxygen atoms in total. The number of nitrogen functional groups attached to an aromatic ring is 1. The summed E-state index contributed by atoms with van der Waals surface area (Å²) >= 11 is 0. The highest BCUT2D eigenvalue weighted by molar-refractivity contribution is 7.89. The van der Waals surface area contributed by atoms with E-state index in [2.05, 4.69) is 4.72 Å². The molecule has 3 N–H and O–H groups in total. The molecule has 1 rings (SSSR count). The fourth-order valence-electron chi connectivity index (χ4n) is 1.45. The zero-order chi connectivity index (χ0) is 13.8. The van der Waals surface area contributed by atoms with Crippen molar-refractivity contribution in [3.8, 4) is 0 Å². The molecular formula is C11H18N2O3S2. The van der Waals surface area contributed by atoms with Gasteiger partial charge in [0.25, 0.3) is 0 Å². The third-order valence-corrected chi connectivity index (χ3v) is 5.07. The number of nitrogens with two attached hydrogens (primary N) is 1. The lowest BCUT2D eigenvalue weighted by molar-refractivity contribution is 0.584. The Morgan fingerprint density at radius 3 is 2.56 bits per heavy atom. The summed E-state index contributed by atoms with van der Waals surface area (Å²) in [6.45, 7) is 3.74. The summed E-state index contributed by atoms with van der Waals surface area (Å²) in [5.74, 6) is 0.843. The van der Waals surface area contributed by atoms with Gasteiger partial charge in [-0.25, -0.2) is 13.1 Å². The molecule has 0 saturated heterocycles. The number of benzene rings is 1. The maximum Gasteiger partial charge on any atom is 0.240 e. The Morgan fingerprint density at radius 1 is 1.33 bits per heavy atom. The fraction of sp³-hybridized carbons (Fsp3) is 0.455. The molecule has 0 aliphatic carbocycles. The van der Waals surface area contributed by atoms with Gasteiger partial charge in [0, 0.05) is 34.5 Å². The van der Waals surface area contributed by atoms with Crippen molar-refractivity contribution >= 4 is 26.5 Å². The molecule has 0 spiro atoms. The molecule has 0 fully saturated rings. The van der Waals surface area contributed by atoms with Crippen LogP contribution in [-0.4, -0.2) is 30.7 Å². The van der Waals surface area contributed by atoms with Gasteiger partial charge in [-0.15, -0.1) is 0 Å². The average molecular weight is 290 g/mol. The Labute approximate surface area is 110 Å². The lowest BCUT2D eigenvalue weighted by Gasteiger charge is -2.08. The van der Waals surface area contributed by atoms with Gasteiger partial charge in [0.1, 0.15) is 0 Å². The predicted molar refractivity (Wildman–Crippen MR) is 74.3 cm³/mol. The summed E-state index contributed by atoms with van der Waals surface area (Å²) in [7, 11) is -4.55. The lowest BCUT2D eigenvalue weighted by Crippen LogP contribution is -2.28. The summed E-state index contributed by atoms with van der Waals surface area (Å²) < 4.78 is 37.5. The molecule has 0 aromatic heterocycles. The second-order valence-electron chi connectivity index (χ2n) is 3.91. The zero-order valence-electron chi connectivity index (χ0n) is 10.5.